The highest BCUT2D eigenvalue weighted by atomic mass is 15.3. The quantitative estimate of drug-likeness (QED) is 0.883. The van der Waals surface area contributed by atoms with Gasteiger partial charge in [0.15, 0.2) is 5.96 Å². The van der Waals surface area contributed by atoms with E-state index in [9.17, 15) is 0 Å². The zero-order valence-electron chi connectivity index (χ0n) is 11.0. The van der Waals surface area contributed by atoms with Gasteiger partial charge >= 0.3 is 0 Å². The third-order valence-electron chi connectivity index (χ3n) is 3.91. The van der Waals surface area contributed by atoms with Crippen molar-refractivity contribution >= 4 is 5.96 Å². The summed E-state index contributed by atoms with van der Waals surface area (Å²) in [5.74, 6) is 1.52. The van der Waals surface area contributed by atoms with Gasteiger partial charge in [0.1, 0.15) is 0 Å². The highest BCUT2D eigenvalue weighted by molar-refractivity contribution is 5.80. The zero-order chi connectivity index (χ0) is 12.5. The van der Waals surface area contributed by atoms with Gasteiger partial charge in [0.05, 0.1) is 12.6 Å². The van der Waals surface area contributed by atoms with Crippen molar-refractivity contribution in [1.82, 2.24) is 4.90 Å². The lowest BCUT2D eigenvalue weighted by atomic mass is 10.0. The molecule has 1 atom stereocenters. The first-order valence-corrected chi connectivity index (χ1v) is 6.96. The predicted molar refractivity (Wildman–Crippen MR) is 74.6 cm³/mol. The molecule has 3 heteroatoms. The van der Waals surface area contributed by atoms with Gasteiger partial charge in [-0.2, -0.15) is 0 Å². The number of rotatable bonds is 4. The SMILES string of the molecule is CCCN1C(N)=NCC1c1cccc(C2CC2)c1. The van der Waals surface area contributed by atoms with Crippen LogP contribution in [0.5, 0.6) is 0 Å². The van der Waals surface area contributed by atoms with Crippen LogP contribution in [0.1, 0.15) is 49.3 Å². The van der Waals surface area contributed by atoms with Gasteiger partial charge < -0.3 is 10.6 Å². The molecule has 1 saturated carbocycles. The van der Waals surface area contributed by atoms with E-state index in [1.54, 1.807) is 0 Å². The van der Waals surface area contributed by atoms with E-state index in [0.717, 1.165) is 25.4 Å². The van der Waals surface area contributed by atoms with E-state index in [-0.39, 0.29) is 0 Å². The predicted octanol–water partition coefficient (Wildman–Crippen LogP) is 2.65. The van der Waals surface area contributed by atoms with Crippen molar-refractivity contribution < 1.29 is 0 Å². The van der Waals surface area contributed by atoms with Gasteiger partial charge in [-0.15, -0.1) is 0 Å². The molecule has 0 spiro atoms. The van der Waals surface area contributed by atoms with E-state index in [1.807, 2.05) is 0 Å². The average Bonchev–Trinajstić information content (AvgIpc) is 3.17. The molecule has 0 bridgehead atoms. The molecule has 0 aromatic heterocycles. The number of nitrogens with two attached hydrogens (primary N) is 1. The largest absolute Gasteiger partial charge is 0.370 e. The number of hydrogen-bond donors (Lipinski definition) is 1. The molecule has 3 rings (SSSR count). The minimum atomic E-state index is 0.351. The van der Waals surface area contributed by atoms with E-state index >= 15 is 0 Å². The number of guanidine groups is 1. The van der Waals surface area contributed by atoms with Crippen molar-refractivity contribution in [2.24, 2.45) is 10.7 Å². The Labute approximate surface area is 109 Å². The Bertz CT molecular complexity index is 463. The topological polar surface area (TPSA) is 41.6 Å². The van der Waals surface area contributed by atoms with E-state index in [4.69, 9.17) is 5.73 Å². The third kappa shape index (κ3) is 2.09. The van der Waals surface area contributed by atoms with Crippen LogP contribution in [0.2, 0.25) is 0 Å². The Kier molecular flexibility index (Phi) is 2.98. The van der Waals surface area contributed by atoms with Crippen LogP contribution in [0.15, 0.2) is 29.3 Å². The summed E-state index contributed by atoms with van der Waals surface area (Å²) < 4.78 is 0. The molecular weight excluding hydrogens is 222 g/mol. The van der Waals surface area contributed by atoms with Crippen molar-refractivity contribution in [3.05, 3.63) is 35.4 Å². The zero-order valence-corrected chi connectivity index (χ0v) is 11.0. The van der Waals surface area contributed by atoms with Gasteiger partial charge in [0.2, 0.25) is 0 Å². The first-order chi connectivity index (χ1) is 8.79. The Hall–Kier alpha value is -1.51. The Morgan fingerprint density at radius 3 is 2.83 bits per heavy atom. The molecular formula is C15H21N3. The van der Waals surface area contributed by atoms with Crippen molar-refractivity contribution in [1.29, 1.82) is 0 Å². The Morgan fingerprint density at radius 2 is 2.11 bits per heavy atom. The van der Waals surface area contributed by atoms with Crippen LogP contribution in [0.25, 0.3) is 0 Å². The molecule has 2 N–H and O–H groups in total. The van der Waals surface area contributed by atoms with Crippen molar-refractivity contribution in [3.63, 3.8) is 0 Å². The summed E-state index contributed by atoms with van der Waals surface area (Å²) in [6.45, 7) is 3.98. The van der Waals surface area contributed by atoms with Gasteiger partial charge in [-0.05, 0) is 36.3 Å². The molecule has 0 amide bonds. The van der Waals surface area contributed by atoms with Crippen molar-refractivity contribution in [2.45, 2.75) is 38.1 Å². The molecule has 96 valence electrons. The van der Waals surface area contributed by atoms with E-state index in [1.165, 1.54) is 24.0 Å². The average molecular weight is 243 g/mol. The van der Waals surface area contributed by atoms with Gasteiger partial charge in [0, 0.05) is 6.54 Å². The number of nitrogens with zero attached hydrogens (tertiary/aromatic N) is 2. The number of hydrogen-bond acceptors (Lipinski definition) is 3. The first-order valence-electron chi connectivity index (χ1n) is 6.96. The fourth-order valence-electron chi connectivity index (χ4n) is 2.76. The van der Waals surface area contributed by atoms with Gasteiger partial charge in [-0.3, -0.25) is 4.99 Å². The van der Waals surface area contributed by atoms with E-state index < -0.39 is 0 Å². The molecule has 1 aliphatic heterocycles. The Morgan fingerprint density at radius 1 is 1.33 bits per heavy atom. The highest BCUT2D eigenvalue weighted by Crippen LogP contribution is 2.41. The van der Waals surface area contributed by atoms with Gasteiger partial charge in [-0.1, -0.05) is 31.2 Å². The van der Waals surface area contributed by atoms with E-state index in [0.29, 0.717) is 12.0 Å². The first kappa shape index (κ1) is 11.6. The third-order valence-corrected chi connectivity index (χ3v) is 3.91. The number of aliphatic imine (C=N–C) groups is 1. The molecule has 0 radical (unpaired) electrons. The molecule has 1 aromatic carbocycles. The number of benzene rings is 1. The van der Waals surface area contributed by atoms with E-state index in [2.05, 4.69) is 41.1 Å². The summed E-state index contributed by atoms with van der Waals surface area (Å²) in [7, 11) is 0. The summed E-state index contributed by atoms with van der Waals surface area (Å²) in [6.07, 6.45) is 3.81. The monoisotopic (exact) mass is 243 g/mol. The normalized spacial score (nSPS) is 23.3. The molecule has 1 unspecified atom stereocenters. The summed E-state index contributed by atoms with van der Waals surface area (Å²) in [5, 5.41) is 0. The minimum absolute atomic E-state index is 0.351. The second-order valence-corrected chi connectivity index (χ2v) is 5.35. The Balaban J connectivity index is 1.83. The molecule has 3 nitrogen and oxygen atoms in total. The van der Waals surface area contributed by atoms with Crippen LogP contribution in [0.4, 0.5) is 0 Å². The second kappa shape index (κ2) is 4.63. The van der Waals surface area contributed by atoms with Crippen LogP contribution >= 0.6 is 0 Å². The summed E-state index contributed by atoms with van der Waals surface area (Å²) in [5.41, 5.74) is 8.85. The maximum atomic E-state index is 5.98. The maximum Gasteiger partial charge on any atom is 0.191 e. The van der Waals surface area contributed by atoms with Crippen molar-refractivity contribution in [2.75, 3.05) is 13.1 Å². The highest BCUT2D eigenvalue weighted by Gasteiger charge is 2.28. The maximum absolute atomic E-state index is 5.98. The summed E-state index contributed by atoms with van der Waals surface area (Å²) >= 11 is 0. The van der Waals surface area contributed by atoms with Crippen LogP contribution in [-0.4, -0.2) is 23.9 Å². The minimum Gasteiger partial charge on any atom is -0.370 e. The lowest BCUT2D eigenvalue weighted by Crippen LogP contribution is -2.36. The van der Waals surface area contributed by atoms with Crippen LogP contribution < -0.4 is 5.73 Å². The van der Waals surface area contributed by atoms with Crippen LogP contribution in [-0.2, 0) is 0 Å². The molecule has 1 aliphatic carbocycles. The molecule has 2 aliphatic rings. The van der Waals surface area contributed by atoms with Crippen LogP contribution in [0, 0.1) is 0 Å². The molecule has 1 heterocycles. The fourth-order valence-corrected chi connectivity index (χ4v) is 2.76. The van der Waals surface area contributed by atoms with Gasteiger partial charge in [0.25, 0.3) is 0 Å². The fraction of sp³-hybridized carbons (Fsp3) is 0.533. The lowest BCUT2D eigenvalue weighted by molar-refractivity contribution is 0.347. The smallest absolute Gasteiger partial charge is 0.191 e. The second-order valence-electron chi connectivity index (χ2n) is 5.35. The molecule has 0 saturated heterocycles. The molecule has 1 aromatic rings. The molecule has 18 heavy (non-hydrogen) atoms. The summed E-state index contributed by atoms with van der Waals surface area (Å²) in [6, 6.07) is 9.36. The van der Waals surface area contributed by atoms with Crippen molar-refractivity contribution in [3.8, 4) is 0 Å². The molecule has 1 fully saturated rings. The van der Waals surface area contributed by atoms with Gasteiger partial charge in [-0.25, -0.2) is 0 Å². The standard InChI is InChI=1S/C15H21N3/c1-2-8-18-14(10-17-15(18)16)13-5-3-4-12(9-13)11-6-7-11/h3-5,9,11,14H,2,6-8,10H2,1H3,(H2,16,17). The lowest BCUT2D eigenvalue weighted by Gasteiger charge is -2.26. The van der Waals surface area contributed by atoms with Crippen LogP contribution in [0.3, 0.4) is 0 Å². The summed E-state index contributed by atoms with van der Waals surface area (Å²) in [4.78, 5) is 6.65.